The van der Waals surface area contributed by atoms with Crippen LogP contribution in [0.2, 0.25) is 0 Å². The van der Waals surface area contributed by atoms with Gasteiger partial charge in [-0.25, -0.2) is 0 Å². The number of rotatable bonds is 5. The summed E-state index contributed by atoms with van der Waals surface area (Å²) in [5.41, 5.74) is -0.182. The van der Waals surface area contributed by atoms with E-state index in [0.717, 1.165) is 37.2 Å². The summed E-state index contributed by atoms with van der Waals surface area (Å²) in [6.07, 6.45) is 9.38. The number of amides is 3. The lowest BCUT2D eigenvalue weighted by atomic mass is 9.59. The lowest BCUT2D eigenvalue weighted by molar-refractivity contribution is -0.152. The summed E-state index contributed by atoms with van der Waals surface area (Å²) in [6, 6.07) is 0. The highest BCUT2D eigenvalue weighted by Gasteiger charge is 2.47. The molecule has 1 saturated heterocycles. The molecule has 6 heteroatoms. The third kappa shape index (κ3) is 4.36. The Bertz CT molecular complexity index is 583. The normalized spacial score (nSPS) is 30.6. The van der Waals surface area contributed by atoms with Gasteiger partial charge < -0.3 is 15.1 Å². The van der Waals surface area contributed by atoms with Crippen molar-refractivity contribution >= 4 is 17.7 Å². The van der Waals surface area contributed by atoms with E-state index in [9.17, 15) is 14.4 Å². The van der Waals surface area contributed by atoms with Gasteiger partial charge in [-0.3, -0.25) is 14.4 Å². The SMILES string of the molecule is C=CC(=O)NCC(=O)N1CCN(C(=O)C2(CC)CC3CCCC(C3)C2)CC1. The van der Waals surface area contributed by atoms with Crippen molar-refractivity contribution in [3.8, 4) is 0 Å². The van der Waals surface area contributed by atoms with Crippen LogP contribution in [0.15, 0.2) is 12.7 Å². The molecule has 6 nitrogen and oxygen atoms in total. The quantitative estimate of drug-likeness (QED) is 0.747. The Morgan fingerprint density at radius 2 is 1.67 bits per heavy atom. The molecule has 2 atom stereocenters. The second kappa shape index (κ2) is 8.44. The van der Waals surface area contributed by atoms with Gasteiger partial charge in [-0.05, 0) is 43.6 Å². The Morgan fingerprint density at radius 3 is 2.22 bits per heavy atom. The molecule has 3 fully saturated rings. The first kappa shape index (κ1) is 19.9. The Balaban J connectivity index is 1.55. The van der Waals surface area contributed by atoms with Crippen LogP contribution < -0.4 is 5.32 Å². The van der Waals surface area contributed by atoms with Crippen molar-refractivity contribution in [1.29, 1.82) is 0 Å². The standard InChI is InChI=1S/C21H33N3O3/c1-3-18(25)22-15-19(26)23-8-10-24(11-9-23)20(27)21(4-2)13-16-6-5-7-17(12-16)14-21/h3,16-17H,1,4-15H2,2H3,(H,22,25). The van der Waals surface area contributed by atoms with Gasteiger partial charge in [0.25, 0.3) is 0 Å². The van der Waals surface area contributed by atoms with Gasteiger partial charge in [0.2, 0.25) is 17.7 Å². The molecule has 3 amide bonds. The molecule has 150 valence electrons. The van der Waals surface area contributed by atoms with E-state index < -0.39 is 0 Å². The number of carbonyl (C=O) groups is 3. The molecular weight excluding hydrogens is 342 g/mol. The Hall–Kier alpha value is -1.85. The van der Waals surface area contributed by atoms with E-state index in [1.807, 2.05) is 4.90 Å². The lowest BCUT2D eigenvalue weighted by Gasteiger charge is -2.48. The van der Waals surface area contributed by atoms with Crippen LogP contribution in [0.5, 0.6) is 0 Å². The first-order chi connectivity index (χ1) is 13.0. The Kier molecular flexibility index (Phi) is 6.22. The summed E-state index contributed by atoms with van der Waals surface area (Å²) in [6.45, 7) is 7.81. The first-order valence-corrected chi connectivity index (χ1v) is 10.4. The van der Waals surface area contributed by atoms with E-state index in [0.29, 0.717) is 32.1 Å². The number of hydrogen-bond acceptors (Lipinski definition) is 3. The van der Waals surface area contributed by atoms with E-state index in [4.69, 9.17) is 0 Å². The molecule has 0 aromatic carbocycles. The Labute approximate surface area is 162 Å². The van der Waals surface area contributed by atoms with Crippen molar-refractivity contribution in [2.24, 2.45) is 17.3 Å². The maximum absolute atomic E-state index is 13.4. The van der Waals surface area contributed by atoms with E-state index in [2.05, 4.69) is 18.8 Å². The smallest absolute Gasteiger partial charge is 0.243 e. The number of piperazine rings is 1. The van der Waals surface area contributed by atoms with Gasteiger partial charge in [0.1, 0.15) is 0 Å². The van der Waals surface area contributed by atoms with Gasteiger partial charge in [0.15, 0.2) is 0 Å². The average molecular weight is 376 g/mol. The highest BCUT2D eigenvalue weighted by Crippen LogP contribution is 2.51. The topological polar surface area (TPSA) is 69.7 Å². The monoisotopic (exact) mass is 375 g/mol. The van der Waals surface area contributed by atoms with E-state index in [1.165, 1.54) is 25.7 Å². The highest BCUT2D eigenvalue weighted by atomic mass is 16.2. The number of fused-ring (bicyclic) bond motifs is 2. The van der Waals surface area contributed by atoms with Gasteiger partial charge in [-0.15, -0.1) is 0 Å². The van der Waals surface area contributed by atoms with Crippen LogP contribution in [0.4, 0.5) is 0 Å². The summed E-state index contributed by atoms with van der Waals surface area (Å²) in [5.74, 6) is 1.31. The number of carbonyl (C=O) groups excluding carboxylic acids is 3. The second-order valence-electron chi connectivity index (χ2n) is 8.54. The summed E-state index contributed by atoms with van der Waals surface area (Å²) < 4.78 is 0. The predicted molar refractivity (Wildman–Crippen MR) is 104 cm³/mol. The fourth-order valence-electron chi connectivity index (χ4n) is 5.42. The molecule has 0 aromatic rings. The summed E-state index contributed by atoms with van der Waals surface area (Å²) >= 11 is 0. The summed E-state index contributed by atoms with van der Waals surface area (Å²) in [5, 5.41) is 2.52. The van der Waals surface area contributed by atoms with Crippen molar-refractivity contribution in [2.45, 2.75) is 51.9 Å². The van der Waals surface area contributed by atoms with Crippen LogP contribution in [0.3, 0.4) is 0 Å². The maximum atomic E-state index is 13.4. The molecule has 3 aliphatic rings. The van der Waals surface area contributed by atoms with Crippen molar-refractivity contribution in [1.82, 2.24) is 15.1 Å². The van der Waals surface area contributed by atoms with Crippen LogP contribution in [-0.4, -0.2) is 60.2 Å². The molecule has 1 heterocycles. The van der Waals surface area contributed by atoms with Crippen LogP contribution in [0.1, 0.15) is 51.9 Å². The molecule has 2 saturated carbocycles. The molecule has 0 aromatic heterocycles. The molecule has 2 bridgehead atoms. The van der Waals surface area contributed by atoms with Crippen molar-refractivity contribution in [3.63, 3.8) is 0 Å². The largest absolute Gasteiger partial charge is 0.343 e. The minimum absolute atomic E-state index is 0.0128. The third-order valence-electron chi connectivity index (χ3n) is 6.90. The van der Waals surface area contributed by atoms with Gasteiger partial charge in [0.05, 0.1) is 6.54 Å². The molecule has 0 spiro atoms. The molecular formula is C21H33N3O3. The van der Waals surface area contributed by atoms with Gasteiger partial charge >= 0.3 is 0 Å². The highest BCUT2D eigenvalue weighted by molar-refractivity contribution is 5.91. The van der Waals surface area contributed by atoms with Crippen molar-refractivity contribution < 1.29 is 14.4 Å². The third-order valence-corrected chi connectivity index (χ3v) is 6.90. The second-order valence-corrected chi connectivity index (χ2v) is 8.54. The molecule has 2 unspecified atom stereocenters. The minimum Gasteiger partial charge on any atom is -0.343 e. The van der Waals surface area contributed by atoms with Gasteiger partial charge in [0, 0.05) is 31.6 Å². The summed E-state index contributed by atoms with van der Waals surface area (Å²) in [4.78, 5) is 40.6. The zero-order valence-electron chi connectivity index (χ0n) is 16.5. The fraction of sp³-hybridized carbons (Fsp3) is 0.762. The number of hydrogen-bond donors (Lipinski definition) is 1. The van der Waals surface area contributed by atoms with Crippen LogP contribution in [-0.2, 0) is 14.4 Å². The fourth-order valence-corrected chi connectivity index (χ4v) is 5.42. The molecule has 3 rings (SSSR count). The lowest BCUT2D eigenvalue weighted by Crippen LogP contribution is -2.56. The molecule has 2 aliphatic carbocycles. The zero-order valence-corrected chi connectivity index (χ0v) is 16.5. The molecule has 1 aliphatic heterocycles. The number of nitrogens with one attached hydrogen (secondary N) is 1. The van der Waals surface area contributed by atoms with Crippen molar-refractivity contribution in [3.05, 3.63) is 12.7 Å². The number of nitrogens with zero attached hydrogens (tertiary/aromatic N) is 2. The van der Waals surface area contributed by atoms with E-state index >= 15 is 0 Å². The average Bonchev–Trinajstić information content (AvgIpc) is 2.70. The zero-order chi connectivity index (χ0) is 19.4. The van der Waals surface area contributed by atoms with Gasteiger partial charge in [-0.1, -0.05) is 32.8 Å². The molecule has 0 radical (unpaired) electrons. The Morgan fingerprint density at radius 1 is 1.07 bits per heavy atom. The first-order valence-electron chi connectivity index (χ1n) is 10.4. The van der Waals surface area contributed by atoms with Crippen LogP contribution in [0, 0.1) is 17.3 Å². The molecule has 1 N–H and O–H groups in total. The van der Waals surface area contributed by atoms with E-state index in [-0.39, 0.29) is 23.8 Å². The maximum Gasteiger partial charge on any atom is 0.243 e. The van der Waals surface area contributed by atoms with Gasteiger partial charge in [-0.2, -0.15) is 0 Å². The predicted octanol–water partition coefficient (Wildman–Crippen LogP) is 1.96. The summed E-state index contributed by atoms with van der Waals surface area (Å²) in [7, 11) is 0. The van der Waals surface area contributed by atoms with Crippen molar-refractivity contribution in [2.75, 3.05) is 32.7 Å². The van der Waals surface area contributed by atoms with E-state index in [1.54, 1.807) is 4.90 Å². The van der Waals surface area contributed by atoms with Crippen LogP contribution in [0.25, 0.3) is 0 Å². The molecule has 27 heavy (non-hydrogen) atoms. The minimum atomic E-state index is -0.343. The van der Waals surface area contributed by atoms with Crippen LogP contribution >= 0.6 is 0 Å².